The van der Waals surface area contributed by atoms with Gasteiger partial charge in [0.15, 0.2) is 0 Å². The molecule has 0 saturated carbocycles. The number of benzene rings is 3. The number of halogens is 1. The van der Waals surface area contributed by atoms with Crippen molar-refractivity contribution in [2.24, 2.45) is 0 Å². The van der Waals surface area contributed by atoms with Crippen molar-refractivity contribution in [3.8, 4) is 39.4 Å². The Morgan fingerprint density at radius 3 is 2.50 bits per heavy atom. The van der Waals surface area contributed by atoms with Gasteiger partial charge >= 0.3 is 0 Å². The maximum atomic E-state index is 14.5. The van der Waals surface area contributed by atoms with Gasteiger partial charge in [0.25, 0.3) is 0 Å². The lowest BCUT2D eigenvalue weighted by atomic mass is 10.0. The summed E-state index contributed by atoms with van der Waals surface area (Å²) in [6, 6.07) is 22.2. The second-order valence-electron chi connectivity index (χ2n) is 7.69. The monoisotopic (exact) mass is 420 g/mol. The highest BCUT2D eigenvalue weighted by Crippen LogP contribution is 2.36. The smallest absolute Gasteiger partial charge is 0.134 e. The lowest BCUT2D eigenvalue weighted by Crippen LogP contribution is -1.83. The van der Waals surface area contributed by atoms with E-state index in [-0.39, 0.29) is 11.6 Å². The fourth-order valence-corrected chi connectivity index (χ4v) is 4.18. The van der Waals surface area contributed by atoms with Crippen LogP contribution in [0.3, 0.4) is 0 Å². The molecule has 5 nitrogen and oxygen atoms in total. The Morgan fingerprint density at radius 1 is 0.750 bits per heavy atom. The number of aromatic hydroxyl groups is 1. The second-order valence-corrected chi connectivity index (χ2v) is 7.69. The van der Waals surface area contributed by atoms with Crippen molar-refractivity contribution in [2.45, 2.75) is 0 Å². The van der Waals surface area contributed by atoms with E-state index in [0.717, 1.165) is 49.9 Å². The summed E-state index contributed by atoms with van der Waals surface area (Å²) in [6.07, 6.45) is 3.12. The van der Waals surface area contributed by atoms with Crippen molar-refractivity contribution in [1.29, 1.82) is 0 Å². The molecule has 3 aromatic carbocycles. The van der Waals surface area contributed by atoms with Crippen LogP contribution in [0.25, 0.3) is 55.4 Å². The molecule has 0 unspecified atom stereocenters. The molecule has 32 heavy (non-hydrogen) atoms. The first-order chi connectivity index (χ1) is 15.7. The van der Waals surface area contributed by atoms with E-state index in [1.54, 1.807) is 24.4 Å². The van der Waals surface area contributed by atoms with E-state index in [0.29, 0.717) is 5.56 Å². The zero-order valence-corrected chi connectivity index (χ0v) is 16.8. The summed E-state index contributed by atoms with van der Waals surface area (Å²) in [5.41, 5.74) is 6.54. The lowest BCUT2D eigenvalue weighted by Gasteiger charge is -2.04. The number of hydrogen-bond donors (Lipinski definition) is 3. The minimum Gasteiger partial charge on any atom is -0.506 e. The molecule has 0 aliphatic heterocycles. The van der Waals surface area contributed by atoms with Gasteiger partial charge in [-0.05, 0) is 47.5 Å². The molecule has 0 aliphatic carbocycles. The fraction of sp³-hybridized carbons (Fsp3) is 0. The van der Waals surface area contributed by atoms with E-state index < -0.39 is 0 Å². The molecular weight excluding hydrogens is 403 g/mol. The molecule has 0 saturated heterocycles. The van der Waals surface area contributed by atoms with Crippen LogP contribution in [-0.2, 0) is 0 Å². The summed E-state index contributed by atoms with van der Waals surface area (Å²) < 4.78 is 14.5. The van der Waals surface area contributed by atoms with Gasteiger partial charge in [0.2, 0.25) is 0 Å². The molecule has 6 aromatic rings. The Balaban J connectivity index is 1.52. The maximum Gasteiger partial charge on any atom is 0.134 e. The Morgan fingerprint density at radius 2 is 1.62 bits per heavy atom. The Hall–Kier alpha value is -4.45. The molecule has 3 heterocycles. The van der Waals surface area contributed by atoms with Crippen molar-refractivity contribution >= 4 is 21.8 Å². The van der Waals surface area contributed by atoms with E-state index in [1.165, 1.54) is 12.3 Å². The predicted octanol–water partition coefficient (Wildman–Crippen LogP) is 6.28. The lowest BCUT2D eigenvalue weighted by molar-refractivity contribution is 0.473. The van der Waals surface area contributed by atoms with E-state index >= 15 is 0 Å². The first-order valence-corrected chi connectivity index (χ1v) is 10.2. The fourth-order valence-electron chi connectivity index (χ4n) is 4.18. The zero-order valence-electron chi connectivity index (χ0n) is 16.8. The number of fused-ring (bicyclic) bond motifs is 2. The molecule has 0 amide bonds. The average molecular weight is 420 g/mol. The first-order valence-electron chi connectivity index (χ1n) is 10.2. The van der Waals surface area contributed by atoms with Crippen LogP contribution in [0, 0.1) is 5.82 Å². The van der Waals surface area contributed by atoms with Gasteiger partial charge in [0, 0.05) is 33.6 Å². The summed E-state index contributed by atoms with van der Waals surface area (Å²) >= 11 is 0. The molecule has 0 bridgehead atoms. The van der Waals surface area contributed by atoms with E-state index in [9.17, 15) is 9.50 Å². The Kier molecular flexibility index (Phi) is 4.04. The van der Waals surface area contributed by atoms with Crippen LogP contribution in [0.1, 0.15) is 0 Å². The van der Waals surface area contributed by atoms with Crippen molar-refractivity contribution in [3.63, 3.8) is 0 Å². The van der Waals surface area contributed by atoms with Gasteiger partial charge in [-0.3, -0.25) is 10.1 Å². The van der Waals surface area contributed by atoms with Crippen molar-refractivity contribution in [1.82, 2.24) is 20.2 Å². The molecule has 0 radical (unpaired) electrons. The average Bonchev–Trinajstić information content (AvgIpc) is 3.43. The van der Waals surface area contributed by atoms with Crippen LogP contribution in [0.2, 0.25) is 0 Å². The zero-order chi connectivity index (χ0) is 21.7. The quantitative estimate of drug-likeness (QED) is 0.315. The van der Waals surface area contributed by atoms with Gasteiger partial charge in [0.1, 0.15) is 17.3 Å². The van der Waals surface area contributed by atoms with Crippen LogP contribution in [0.15, 0.2) is 85.2 Å². The van der Waals surface area contributed by atoms with Gasteiger partial charge in [-0.2, -0.15) is 5.10 Å². The standard InChI is InChI=1S/C26H17FN4O/c27-22-6-2-1-4-19(22)18-5-3-7-23-20(18)12-25(29-23)26-21-11-15(8-9-24(21)30-31-26)16-10-17(32)14-28-13-16/h1-14,29,32H,(H,30,31). The topological polar surface area (TPSA) is 77.6 Å². The van der Waals surface area contributed by atoms with Crippen LogP contribution in [0.5, 0.6) is 5.75 Å². The van der Waals surface area contributed by atoms with Crippen molar-refractivity contribution < 1.29 is 9.50 Å². The summed E-state index contributed by atoms with van der Waals surface area (Å²) in [6.45, 7) is 0. The molecule has 6 rings (SSSR count). The number of nitrogens with one attached hydrogen (secondary N) is 2. The van der Waals surface area contributed by atoms with Gasteiger partial charge in [-0.15, -0.1) is 0 Å². The molecular formula is C26H17FN4O. The van der Waals surface area contributed by atoms with Crippen LogP contribution < -0.4 is 0 Å². The third kappa shape index (κ3) is 2.93. The Bertz CT molecular complexity index is 1620. The second kappa shape index (κ2) is 7.06. The summed E-state index contributed by atoms with van der Waals surface area (Å²) in [5.74, 6) is -0.136. The number of rotatable bonds is 3. The number of aromatic nitrogens is 4. The molecule has 0 aliphatic rings. The largest absolute Gasteiger partial charge is 0.506 e. The van der Waals surface area contributed by atoms with E-state index in [4.69, 9.17) is 0 Å². The molecule has 0 fully saturated rings. The normalized spacial score (nSPS) is 11.4. The molecule has 0 atom stereocenters. The number of aromatic amines is 2. The molecule has 3 N–H and O–H groups in total. The molecule has 6 heteroatoms. The highest BCUT2D eigenvalue weighted by atomic mass is 19.1. The van der Waals surface area contributed by atoms with Crippen LogP contribution in [0.4, 0.5) is 4.39 Å². The molecule has 0 spiro atoms. The number of pyridine rings is 1. The van der Waals surface area contributed by atoms with E-state index in [2.05, 4.69) is 20.2 Å². The summed E-state index contributed by atoms with van der Waals surface area (Å²) in [4.78, 5) is 7.50. The minimum absolute atomic E-state index is 0.117. The minimum atomic E-state index is -0.252. The van der Waals surface area contributed by atoms with Crippen LogP contribution in [-0.4, -0.2) is 25.3 Å². The van der Waals surface area contributed by atoms with Gasteiger partial charge in [0.05, 0.1) is 17.4 Å². The van der Waals surface area contributed by atoms with Gasteiger partial charge < -0.3 is 10.1 Å². The highest BCUT2D eigenvalue weighted by molar-refractivity contribution is 6.01. The Labute approximate surface area is 182 Å². The van der Waals surface area contributed by atoms with Crippen LogP contribution >= 0.6 is 0 Å². The number of nitrogens with zero attached hydrogens (tertiary/aromatic N) is 2. The molecule has 3 aromatic heterocycles. The SMILES string of the molecule is Oc1cncc(-c2ccc3[nH]nc(-c4cc5c(-c6ccccc6F)cccc5[nH]4)c3c2)c1. The number of H-pyrrole nitrogens is 2. The van der Waals surface area contributed by atoms with Crippen molar-refractivity contribution in [2.75, 3.05) is 0 Å². The highest BCUT2D eigenvalue weighted by Gasteiger charge is 2.15. The molecule has 154 valence electrons. The van der Waals surface area contributed by atoms with Crippen molar-refractivity contribution in [3.05, 3.63) is 91.0 Å². The maximum absolute atomic E-state index is 14.5. The van der Waals surface area contributed by atoms with Gasteiger partial charge in [-0.1, -0.05) is 36.4 Å². The van der Waals surface area contributed by atoms with Gasteiger partial charge in [-0.25, -0.2) is 4.39 Å². The summed E-state index contributed by atoms with van der Waals surface area (Å²) in [7, 11) is 0. The first kappa shape index (κ1) is 18.3. The van der Waals surface area contributed by atoms with E-state index in [1.807, 2.05) is 48.5 Å². The summed E-state index contributed by atoms with van der Waals surface area (Å²) in [5, 5.41) is 19.3. The third-order valence-electron chi connectivity index (χ3n) is 5.70. The number of hydrogen-bond acceptors (Lipinski definition) is 3. The third-order valence-corrected chi connectivity index (χ3v) is 5.70. The predicted molar refractivity (Wildman–Crippen MR) is 124 cm³/mol.